The lowest BCUT2D eigenvalue weighted by Gasteiger charge is -2.32. The highest BCUT2D eigenvalue weighted by Crippen LogP contribution is 2.35. The molecule has 1 aromatic carbocycles. The molecule has 0 bridgehead atoms. The molecular formula is C17H25BrN4O8S2. The normalized spacial score (nSPS) is 15.6. The maximum absolute atomic E-state index is 13.1. The van der Waals surface area contributed by atoms with Crippen molar-refractivity contribution >= 4 is 53.2 Å². The van der Waals surface area contributed by atoms with Gasteiger partial charge < -0.3 is 9.80 Å². The number of piperazine rings is 1. The van der Waals surface area contributed by atoms with Crippen LogP contribution in [0.25, 0.3) is 0 Å². The first-order chi connectivity index (χ1) is 14.8. The van der Waals surface area contributed by atoms with Gasteiger partial charge in [0.1, 0.15) is 5.56 Å². The van der Waals surface area contributed by atoms with Gasteiger partial charge in [-0.1, -0.05) is 22.9 Å². The van der Waals surface area contributed by atoms with Crippen molar-refractivity contribution in [1.29, 1.82) is 0 Å². The monoisotopic (exact) mass is 556 g/mol. The lowest BCUT2D eigenvalue weighted by molar-refractivity contribution is -0.385. The minimum Gasteiger partial charge on any atom is -0.336 e. The summed E-state index contributed by atoms with van der Waals surface area (Å²) >= 11 is 3.15. The molecule has 0 aromatic heterocycles. The first-order valence-corrected chi connectivity index (χ1v) is 14.2. The van der Waals surface area contributed by atoms with Crippen molar-refractivity contribution < 1.29 is 30.8 Å². The Bertz CT molecular complexity index is 1090. The quantitative estimate of drug-likeness (QED) is 0.243. The van der Waals surface area contributed by atoms with Gasteiger partial charge in [-0.2, -0.15) is 8.42 Å². The molecule has 1 fully saturated rings. The fraction of sp³-hybridized carbons (Fsp3) is 0.588. The van der Waals surface area contributed by atoms with E-state index in [1.807, 2.05) is 11.9 Å². The number of halogens is 1. The molecule has 1 aromatic rings. The summed E-state index contributed by atoms with van der Waals surface area (Å²) in [7, 11) is -6.24. The van der Waals surface area contributed by atoms with Crippen molar-refractivity contribution in [3.63, 3.8) is 0 Å². The van der Waals surface area contributed by atoms with Crippen LogP contribution < -0.4 is 5.06 Å². The molecule has 0 saturated carbocycles. The molecule has 0 aliphatic carbocycles. The molecule has 180 valence electrons. The average molecular weight is 557 g/mol. The van der Waals surface area contributed by atoms with Gasteiger partial charge in [-0.15, -0.1) is 4.28 Å². The third-order valence-electron chi connectivity index (χ3n) is 4.79. The molecule has 2 rings (SSSR count). The van der Waals surface area contributed by atoms with E-state index in [0.717, 1.165) is 23.5 Å². The zero-order chi connectivity index (χ0) is 24.3. The van der Waals surface area contributed by atoms with E-state index in [1.165, 1.54) is 11.8 Å². The zero-order valence-electron chi connectivity index (χ0n) is 17.9. The summed E-state index contributed by atoms with van der Waals surface area (Å²) in [6.45, 7) is 3.05. The van der Waals surface area contributed by atoms with Crippen LogP contribution in [0.2, 0.25) is 0 Å². The van der Waals surface area contributed by atoms with Crippen LogP contribution in [0.15, 0.2) is 17.0 Å². The Labute approximate surface area is 195 Å². The topological polar surface area (TPSA) is 147 Å². The molecule has 1 saturated heterocycles. The van der Waals surface area contributed by atoms with Gasteiger partial charge in [0.15, 0.2) is 9.84 Å². The Hall–Kier alpha value is -1.81. The van der Waals surface area contributed by atoms with Gasteiger partial charge in [-0.05, 0) is 13.1 Å². The van der Waals surface area contributed by atoms with E-state index in [9.17, 15) is 31.7 Å². The number of alkyl halides is 1. The lowest BCUT2D eigenvalue weighted by atomic mass is 10.1. The SMILES string of the molecule is CCS(=O)(=O)c1cc([N+](=O)[O-])c(C(=O)N2CCN(C)CC2)cc1N(CCBr)OS(C)(=O)=O. The Morgan fingerprint density at radius 3 is 2.28 bits per heavy atom. The number of hydrogen-bond donors (Lipinski definition) is 0. The lowest BCUT2D eigenvalue weighted by Crippen LogP contribution is -2.47. The van der Waals surface area contributed by atoms with E-state index >= 15 is 0 Å². The molecule has 0 radical (unpaired) electrons. The van der Waals surface area contributed by atoms with E-state index in [4.69, 9.17) is 4.28 Å². The highest BCUT2D eigenvalue weighted by atomic mass is 79.9. The van der Waals surface area contributed by atoms with Crippen molar-refractivity contribution in [3.8, 4) is 0 Å². The number of nitrogens with zero attached hydrogens (tertiary/aromatic N) is 4. The van der Waals surface area contributed by atoms with Crippen LogP contribution in [0, 0.1) is 10.1 Å². The fourth-order valence-corrected chi connectivity index (χ4v) is 4.98. The summed E-state index contributed by atoms with van der Waals surface area (Å²) in [5.74, 6) is -1.05. The molecule has 1 amide bonds. The second-order valence-corrected chi connectivity index (χ2v) is 11.8. The minimum absolute atomic E-state index is 0.112. The number of benzene rings is 1. The Kier molecular flexibility index (Phi) is 8.61. The Balaban J connectivity index is 2.75. The molecule has 1 aliphatic heterocycles. The molecule has 0 atom stereocenters. The minimum atomic E-state index is -4.07. The molecule has 0 unspecified atom stereocenters. The summed E-state index contributed by atoms with van der Waals surface area (Å²) in [6.07, 6.45) is 0.782. The Morgan fingerprint density at radius 2 is 1.81 bits per heavy atom. The molecule has 0 N–H and O–H groups in total. The average Bonchev–Trinajstić information content (AvgIpc) is 2.71. The van der Waals surface area contributed by atoms with E-state index < -0.39 is 47.1 Å². The highest BCUT2D eigenvalue weighted by Gasteiger charge is 2.33. The van der Waals surface area contributed by atoms with Crippen LogP contribution in [-0.2, 0) is 24.2 Å². The van der Waals surface area contributed by atoms with Crippen LogP contribution in [0.4, 0.5) is 11.4 Å². The first-order valence-electron chi connectivity index (χ1n) is 9.56. The maximum atomic E-state index is 13.1. The standard InChI is InChI=1S/C17H25BrN4O8S2/c1-4-32(28,29)16-12-14(22(24)25)13(17(23)20-9-7-19(2)8-10-20)11-15(16)21(6-5-18)30-31(3,26)27/h11-12H,4-10H2,1-3H3. The van der Waals surface area contributed by atoms with Gasteiger partial charge in [0.05, 0.1) is 34.1 Å². The van der Waals surface area contributed by atoms with E-state index in [0.29, 0.717) is 26.2 Å². The van der Waals surface area contributed by atoms with Crippen molar-refractivity contribution in [3.05, 3.63) is 27.8 Å². The van der Waals surface area contributed by atoms with Gasteiger partial charge in [-0.25, -0.2) is 13.5 Å². The van der Waals surface area contributed by atoms with Crippen molar-refractivity contribution in [2.24, 2.45) is 0 Å². The van der Waals surface area contributed by atoms with E-state index in [2.05, 4.69) is 15.9 Å². The number of sulfone groups is 1. The molecule has 1 heterocycles. The summed E-state index contributed by atoms with van der Waals surface area (Å²) in [5.41, 5.74) is -1.29. The summed E-state index contributed by atoms with van der Waals surface area (Å²) in [5, 5.41) is 12.7. The van der Waals surface area contributed by atoms with Gasteiger partial charge in [0.25, 0.3) is 21.7 Å². The van der Waals surface area contributed by atoms with Crippen LogP contribution >= 0.6 is 15.9 Å². The number of nitro benzene ring substituents is 1. The summed E-state index contributed by atoms with van der Waals surface area (Å²) < 4.78 is 53.9. The molecule has 1 aliphatic rings. The molecule has 12 nitrogen and oxygen atoms in total. The number of anilines is 1. The number of rotatable bonds is 9. The Morgan fingerprint density at radius 1 is 1.22 bits per heavy atom. The fourth-order valence-electron chi connectivity index (χ4n) is 3.10. The smallest absolute Gasteiger partial charge is 0.285 e. The van der Waals surface area contributed by atoms with Gasteiger partial charge in [0.2, 0.25) is 0 Å². The third-order valence-corrected chi connectivity index (χ3v) is 7.35. The first kappa shape index (κ1) is 26.4. The van der Waals surface area contributed by atoms with E-state index in [-0.39, 0.29) is 23.1 Å². The second-order valence-electron chi connectivity index (χ2n) is 7.16. The van der Waals surface area contributed by atoms with Crippen molar-refractivity contribution in [2.75, 3.05) is 62.2 Å². The van der Waals surface area contributed by atoms with Gasteiger partial charge in [0, 0.05) is 37.6 Å². The molecular weight excluding hydrogens is 532 g/mol. The third kappa shape index (κ3) is 6.37. The van der Waals surface area contributed by atoms with Crippen LogP contribution in [0.1, 0.15) is 17.3 Å². The zero-order valence-corrected chi connectivity index (χ0v) is 21.1. The van der Waals surface area contributed by atoms with Crippen LogP contribution in [0.5, 0.6) is 0 Å². The molecule has 0 spiro atoms. The van der Waals surface area contributed by atoms with Crippen molar-refractivity contribution in [2.45, 2.75) is 11.8 Å². The van der Waals surface area contributed by atoms with Crippen molar-refractivity contribution in [1.82, 2.24) is 9.80 Å². The second kappa shape index (κ2) is 10.4. The highest BCUT2D eigenvalue weighted by molar-refractivity contribution is 9.09. The molecule has 32 heavy (non-hydrogen) atoms. The van der Waals surface area contributed by atoms with Crippen LogP contribution in [-0.4, -0.2) is 94.6 Å². The van der Waals surface area contributed by atoms with E-state index in [1.54, 1.807) is 0 Å². The largest absolute Gasteiger partial charge is 0.336 e. The number of carbonyl (C=O) groups excluding carboxylic acids is 1. The number of carbonyl (C=O) groups is 1. The number of nitro groups is 1. The van der Waals surface area contributed by atoms with Gasteiger partial charge in [-0.3, -0.25) is 14.9 Å². The maximum Gasteiger partial charge on any atom is 0.285 e. The summed E-state index contributed by atoms with van der Waals surface area (Å²) in [4.78, 5) is 27.0. The molecule has 15 heteroatoms. The number of amides is 1. The summed E-state index contributed by atoms with van der Waals surface area (Å²) in [6, 6.07) is 1.82. The van der Waals surface area contributed by atoms with Crippen LogP contribution in [0.3, 0.4) is 0 Å². The number of hydrogen-bond acceptors (Lipinski definition) is 10. The predicted molar refractivity (Wildman–Crippen MR) is 121 cm³/mol. The predicted octanol–water partition coefficient (Wildman–Crippen LogP) is 0.869. The number of likely N-dealkylation sites (N-methyl/N-ethyl adjacent to an activating group) is 1. The van der Waals surface area contributed by atoms with Gasteiger partial charge >= 0.3 is 0 Å². The number of hydroxylamine groups is 1.